The molecule has 10 heteroatoms. The minimum absolute atomic E-state index is 0.0402. The molecule has 1 atom stereocenters. The number of thiophene rings is 1. The Hall–Kier alpha value is -2.72. The van der Waals surface area contributed by atoms with Crippen molar-refractivity contribution in [1.29, 1.82) is 0 Å². The van der Waals surface area contributed by atoms with Gasteiger partial charge in [-0.1, -0.05) is 12.1 Å². The lowest BCUT2D eigenvalue weighted by molar-refractivity contribution is -0.137. The summed E-state index contributed by atoms with van der Waals surface area (Å²) in [5.41, 5.74) is -0.598. The molecule has 0 saturated carbocycles. The highest BCUT2D eigenvalue weighted by Crippen LogP contribution is 2.32. The quantitative estimate of drug-likeness (QED) is 0.554. The van der Waals surface area contributed by atoms with Crippen LogP contribution in [0, 0.1) is 5.92 Å². The summed E-state index contributed by atoms with van der Waals surface area (Å²) >= 11 is 1.37. The summed E-state index contributed by atoms with van der Waals surface area (Å²) < 4.78 is 46.4. The molecule has 0 radical (unpaired) electrons. The standard InChI is InChI=1S/C21H21F3N4O2S/c1-2-27(12-14-8-9-30-13-14)20(29)18-25-19(17-7-4-10-31-17)28(26-18)16-6-3-5-15(11-16)21(22,23)24/h3-7,10-11,14H,2,8-9,12-13H2,1H3. The molecule has 1 aromatic carbocycles. The van der Waals surface area contributed by atoms with E-state index in [9.17, 15) is 18.0 Å². The lowest BCUT2D eigenvalue weighted by Gasteiger charge is -2.22. The molecule has 3 aromatic rings. The predicted molar refractivity (Wildman–Crippen MR) is 110 cm³/mol. The van der Waals surface area contributed by atoms with Crippen molar-refractivity contribution in [1.82, 2.24) is 19.7 Å². The molecule has 0 bridgehead atoms. The summed E-state index contributed by atoms with van der Waals surface area (Å²) in [6.45, 7) is 4.17. The van der Waals surface area contributed by atoms with Crippen molar-refractivity contribution in [3.63, 3.8) is 0 Å². The summed E-state index contributed by atoms with van der Waals surface area (Å²) in [4.78, 5) is 19.9. The molecule has 0 aliphatic carbocycles. The van der Waals surface area contributed by atoms with E-state index in [2.05, 4.69) is 10.1 Å². The van der Waals surface area contributed by atoms with Crippen LogP contribution in [-0.2, 0) is 10.9 Å². The molecular weight excluding hydrogens is 429 g/mol. The number of amides is 1. The topological polar surface area (TPSA) is 60.2 Å². The number of aromatic nitrogens is 3. The van der Waals surface area contributed by atoms with Gasteiger partial charge in [0.2, 0.25) is 5.82 Å². The van der Waals surface area contributed by atoms with Crippen LogP contribution in [-0.4, -0.2) is 51.9 Å². The van der Waals surface area contributed by atoms with E-state index in [1.807, 2.05) is 18.4 Å². The second-order valence-corrected chi connectivity index (χ2v) is 8.22. The Morgan fingerprint density at radius 1 is 1.32 bits per heavy atom. The molecule has 6 nitrogen and oxygen atoms in total. The zero-order chi connectivity index (χ0) is 22.0. The maximum Gasteiger partial charge on any atom is 0.416 e. The van der Waals surface area contributed by atoms with E-state index in [1.54, 1.807) is 11.0 Å². The van der Waals surface area contributed by atoms with Gasteiger partial charge in [-0.2, -0.15) is 13.2 Å². The van der Waals surface area contributed by atoms with Gasteiger partial charge in [-0.25, -0.2) is 9.67 Å². The van der Waals surface area contributed by atoms with Crippen molar-refractivity contribution < 1.29 is 22.7 Å². The fraction of sp³-hybridized carbons (Fsp3) is 0.381. The third-order valence-electron chi connectivity index (χ3n) is 5.13. The van der Waals surface area contributed by atoms with Gasteiger partial charge < -0.3 is 9.64 Å². The highest BCUT2D eigenvalue weighted by atomic mass is 32.1. The van der Waals surface area contributed by atoms with Crippen LogP contribution in [0.15, 0.2) is 41.8 Å². The van der Waals surface area contributed by atoms with E-state index in [0.717, 1.165) is 18.6 Å². The van der Waals surface area contributed by atoms with E-state index in [0.29, 0.717) is 37.0 Å². The molecule has 0 N–H and O–H groups in total. The Balaban J connectivity index is 1.72. The second-order valence-electron chi connectivity index (χ2n) is 7.27. The van der Waals surface area contributed by atoms with Crippen LogP contribution in [0.3, 0.4) is 0 Å². The normalized spacial score (nSPS) is 16.6. The van der Waals surface area contributed by atoms with Crippen LogP contribution >= 0.6 is 11.3 Å². The van der Waals surface area contributed by atoms with E-state index in [4.69, 9.17) is 4.74 Å². The summed E-state index contributed by atoms with van der Waals surface area (Å²) in [5.74, 6) is 0.198. The molecular formula is C21H21F3N4O2S. The lowest BCUT2D eigenvalue weighted by atomic mass is 10.1. The van der Waals surface area contributed by atoms with E-state index in [-0.39, 0.29) is 23.3 Å². The van der Waals surface area contributed by atoms with Crippen LogP contribution < -0.4 is 0 Å². The number of ether oxygens (including phenoxy) is 1. The first-order valence-corrected chi connectivity index (χ1v) is 10.8. The summed E-state index contributed by atoms with van der Waals surface area (Å²) in [6.07, 6.45) is -3.60. The number of nitrogens with zero attached hydrogens (tertiary/aromatic N) is 4. The third-order valence-corrected chi connectivity index (χ3v) is 6.00. The lowest BCUT2D eigenvalue weighted by Crippen LogP contribution is -2.36. The number of hydrogen-bond acceptors (Lipinski definition) is 5. The average molecular weight is 450 g/mol. The zero-order valence-corrected chi connectivity index (χ0v) is 17.6. The van der Waals surface area contributed by atoms with E-state index >= 15 is 0 Å². The zero-order valence-electron chi connectivity index (χ0n) is 16.8. The Morgan fingerprint density at radius 2 is 2.16 bits per heavy atom. The van der Waals surface area contributed by atoms with Crippen LogP contribution in [0.25, 0.3) is 16.4 Å². The smallest absolute Gasteiger partial charge is 0.381 e. The number of halogens is 3. The molecule has 1 fully saturated rings. The van der Waals surface area contributed by atoms with Crippen LogP contribution in [0.5, 0.6) is 0 Å². The van der Waals surface area contributed by atoms with E-state index < -0.39 is 11.7 Å². The highest BCUT2D eigenvalue weighted by molar-refractivity contribution is 7.13. The Kier molecular flexibility index (Phi) is 6.10. The van der Waals surface area contributed by atoms with Gasteiger partial charge in [0.05, 0.1) is 22.7 Å². The van der Waals surface area contributed by atoms with Crippen molar-refractivity contribution in [3.8, 4) is 16.4 Å². The first-order chi connectivity index (χ1) is 14.9. The minimum atomic E-state index is -4.49. The van der Waals surface area contributed by atoms with Crippen LogP contribution in [0.1, 0.15) is 29.5 Å². The molecule has 1 aliphatic heterocycles. The van der Waals surface area contributed by atoms with Gasteiger partial charge in [0, 0.05) is 25.6 Å². The first kappa shape index (κ1) is 21.5. The Bertz CT molecular complexity index is 1040. The molecule has 164 valence electrons. The molecule has 3 heterocycles. The van der Waals surface area contributed by atoms with Crippen molar-refractivity contribution in [3.05, 3.63) is 53.2 Å². The predicted octanol–water partition coefficient (Wildman–Crippen LogP) is 4.51. The number of benzene rings is 1. The van der Waals surface area contributed by atoms with Gasteiger partial charge in [0.25, 0.3) is 5.91 Å². The monoisotopic (exact) mass is 450 g/mol. The fourth-order valence-electron chi connectivity index (χ4n) is 3.50. The van der Waals surface area contributed by atoms with Crippen molar-refractivity contribution in [2.45, 2.75) is 19.5 Å². The molecule has 1 saturated heterocycles. The molecule has 31 heavy (non-hydrogen) atoms. The maximum atomic E-state index is 13.2. The van der Waals surface area contributed by atoms with Crippen LogP contribution in [0.4, 0.5) is 13.2 Å². The minimum Gasteiger partial charge on any atom is -0.381 e. The Morgan fingerprint density at radius 3 is 2.81 bits per heavy atom. The number of carbonyl (C=O) groups is 1. The van der Waals surface area contributed by atoms with Crippen LogP contribution in [0.2, 0.25) is 0 Å². The second kappa shape index (κ2) is 8.80. The fourth-order valence-corrected chi connectivity index (χ4v) is 4.20. The molecule has 1 amide bonds. The largest absolute Gasteiger partial charge is 0.416 e. The first-order valence-electron chi connectivity index (χ1n) is 9.92. The molecule has 1 aliphatic rings. The Labute approximate surface area is 181 Å². The maximum absolute atomic E-state index is 13.2. The summed E-state index contributed by atoms with van der Waals surface area (Å²) in [7, 11) is 0. The third kappa shape index (κ3) is 4.64. The molecule has 0 spiro atoms. The molecule has 4 rings (SSSR count). The number of carbonyl (C=O) groups excluding carboxylic acids is 1. The summed E-state index contributed by atoms with van der Waals surface area (Å²) in [5, 5.41) is 6.16. The number of alkyl halides is 3. The number of hydrogen-bond donors (Lipinski definition) is 0. The van der Waals surface area contributed by atoms with Gasteiger partial charge in [0.1, 0.15) is 0 Å². The van der Waals surface area contributed by atoms with Gasteiger partial charge in [0.15, 0.2) is 5.82 Å². The van der Waals surface area contributed by atoms with Crippen molar-refractivity contribution >= 4 is 17.2 Å². The SMILES string of the molecule is CCN(CC1CCOC1)C(=O)c1nc(-c2cccs2)n(-c2cccc(C(F)(F)F)c2)n1. The van der Waals surface area contributed by atoms with Gasteiger partial charge >= 0.3 is 6.18 Å². The number of rotatable bonds is 6. The molecule has 1 unspecified atom stereocenters. The highest BCUT2D eigenvalue weighted by Gasteiger charge is 2.31. The van der Waals surface area contributed by atoms with E-state index in [1.165, 1.54) is 28.2 Å². The summed E-state index contributed by atoms with van der Waals surface area (Å²) in [6, 6.07) is 8.44. The van der Waals surface area contributed by atoms with Gasteiger partial charge in [-0.05, 0) is 43.0 Å². The van der Waals surface area contributed by atoms with Gasteiger partial charge in [-0.15, -0.1) is 16.4 Å². The van der Waals surface area contributed by atoms with Crippen molar-refractivity contribution in [2.24, 2.45) is 5.92 Å². The van der Waals surface area contributed by atoms with Crippen molar-refractivity contribution in [2.75, 3.05) is 26.3 Å². The molecule has 2 aromatic heterocycles. The van der Waals surface area contributed by atoms with Gasteiger partial charge in [-0.3, -0.25) is 4.79 Å². The average Bonchev–Trinajstić information content (AvgIpc) is 3.52.